The van der Waals surface area contributed by atoms with Gasteiger partial charge in [0.25, 0.3) is 0 Å². The first-order valence-electron chi connectivity index (χ1n) is 5.75. The van der Waals surface area contributed by atoms with E-state index in [2.05, 4.69) is 19.2 Å². The smallest absolute Gasteiger partial charge is 0.119 e. The van der Waals surface area contributed by atoms with Crippen molar-refractivity contribution < 1.29 is 9.84 Å². The van der Waals surface area contributed by atoms with Gasteiger partial charge in [-0.1, -0.05) is 32.0 Å². The Morgan fingerprint density at radius 3 is 2.50 bits per heavy atom. The third-order valence-electron chi connectivity index (χ3n) is 2.12. The van der Waals surface area contributed by atoms with E-state index in [1.807, 2.05) is 30.3 Å². The Morgan fingerprint density at radius 2 is 1.88 bits per heavy atom. The van der Waals surface area contributed by atoms with E-state index in [-0.39, 0.29) is 0 Å². The summed E-state index contributed by atoms with van der Waals surface area (Å²) < 4.78 is 5.44. The summed E-state index contributed by atoms with van der Waals surface area (Å²) in [4.78, 5) is 0. The lowest BCUT2D eigenvalue weighted by Crippen LogP contribution is -2.33. The zero-order valence-corrected chi connectivity index (χ0v) is 10.0. The molecule has 0 aliphatic carbocycles. The average Bonchev–Trinajstić information content (AvgIpc) is 2.27. The molecule has 3 heteroatoms. The van der Waals surface area contributed by atoms with Crippen LogP contribution in [0.5, 0.6) is 5.75 Å². The predicted octanol–water partition coefficient (Wildman–Crippen LogP) is 1.67. The number of ether oxygens (including phenoxy) is 1. The molecule has 0 saturated heterocycles. The normalized spacial score (nSPS) is 12.8. The Bertz CT molecular complexity index is 275. The predicted molar refractivity (Wildman–Crippen MR) is 65.7 cm³/mol. The molecule has 0 spiro atoms. The third kappa shape index (κ3) is 5.73. The molecule has 0 aromatic heterocycles. The highest BCUT2D eigenvalue weighted by atomic mass is 16.5. The fourth-order valence-electron chi connectivity index (χ4n) is 1.31. The van der Waals surface area contributed by atoms with Crippen molar-refractivity contribution in [1.82, 2.24) is 5.32 Å². The highest BCUT2D eigenvalue weighted by Gasteiger charge is 2.04. The summed E-state index contributed by atoms with van der Waals surface area (Å²) in [5, 5.41) is 12.8. The maximum Gasteiger partial charge on any atom is 0.119 e. The molecule has 0 aliphatic heterocycles. The standard InChI is InChI=1S/C13H21NO2/c1-11(2)8-14-9-12(15)10-16-13-6-4-3-5-7-13/h3-7,11-12,14-15H,8-10H2,1-2H3/t12-/m1/s1. The van der Waals surface area contributed by atoms with Crippen molar-refractivity contribution in [3.05, 3.63) is 30.3 Å². The zero-order chi connectivity index (χ0) is 11.8. The molecular weight excluding hydrogens is 202 g/mol. The van der Waals surface area contributed by atoms with Gasteiger partial charge in [0.05, 0.1) is 0 Å². The van der Waals surface area contributed by atoms with Crippen molar-refractivity contribution in [3.63, 3.8) is 0 Å². The second-order valence-corrected chi connectivity index (χ2v) is 4.33. The van der Waals surface area contributed by atoms with Gasteiger partial charge in [0.2, 0.25) is 0 Å². The Kier molecular flexibility index (Phi) is 5.90. The Balaban J connectivity index is 2.13. The van der Waals surface area contributed by atoms with Gasteiger partial charge in [0.15, 0.2) is 0 Å². The van der Waals surface area contributed by atoms with Crippen LogP contribution < -0.4 is 10.1 Å². The number of benzene rings is 1. The van der Waals surface area contributed by atoms with Crippen molar-refractivity contribution in [1.29, 1.82) is 0 Å². The van der Waals surface area contributed by atoms with Crippen LogP contribution in [0.2, 0.25) is 0 Å². The third-order valence-corrected chi connectivity index (χ3v) is 2.12. The van der Waals surface area contributed by atoms with Crippen LogP contribution in [0.25, 0.3) is 0 Å². The van der Waals surface area contributed by atoms with Crippen LogP contribution >= 0.6 is 0 Å². The van der Waals surface area contributed by atoms with Gasteiger partial charge in [0.1, 0.15) is 18.5 Å². The van der Waals surface area contributed by atoms with Gasteiger partial charge in [-0.2, -0.15) is 0 Å². The van der Waals surface area contributed by atoms with Crippen molar-refractivity contribution in [2.45, 2.75) is 20.0 Å². The monoisotopic (exact) mass is 223 g/mol. The fourth-order valence-corrected chi connectivity index (χ4v) is 1.31. The molecule has 90 valence electrons. The van der Waals surface area contributed by atoms with Crippen molar-refractivity contribution in [2.75, 3.05) is 19.7 Å². The quantitative estimate of drug-likeness (QED) is 0.739. The molecule has 0 fully saturated rings. The van der Waals surface area contributed by atoms with E-state index in [9.17, 15) is 5.11 Å². The van der Waals surface area contributed by atoms with Gasteiger partial charge < -0.3 is 15.2 Å². The van der Waals surface area contributed by atoms with E-state index < -0.39 is 6.10 Å². The number of aliphatic hydroxyl groups is 1. The molecule has 1 rings (SSSR count). The molecule has 2 N–H and O–H groups in total. The molecule has 16 heavy (non-hydrogen) atoms. The van der Waals surface area contributed by atoms with E-state index in [0.29, 0.717) is 19.1 Å². The second-order valence-electron chi connectivity index (χ2n) is 4.33. The number of hydrogen-bond donors (Lipinski definition) is 2. The summed E-state index contributed by atoms with van der Waals surface area (Å²) in [6.45, 7) is 6.10. The van der Waals surface area contributed by atoms with E-state index in [4.69, 9.17) is 4.74 Å². The zero-order valence-electron chi connectivity index (χ0n) is 10.0. The first kappa shape index (κ1) is 13.0. The van der Waals surface area contributed by atoms with Crippen molar-refractivity contribution in [2.24, 2.45) is 5.92 Å². The number of hydrogen-bond acceptors (Lipinski definition) is 3. The summed E-state index contributed by atoms with van der Waals surface area (Å²) in [6, 6.07) is 9.54. The molecule has 1 aromatic carbocycles. The minimum absolute atomic E-state index is 0.328. The molecular formula is C13H21NO2. The van der Waals surface area contributed by atoms with Crippen LogP contribution in [0.3, 0.4) is 0 Å². The number of rotatable bonds is 7. The van der Waals surface area contributed by atoms with Crippen LogP contribution in [0.1, 0.15) is 13.8 Å². The number of nitrogens with one attached hydrogen (secondary N) is 1. The Labute approximate surface area is 97.4 Å². The summed E-state index contributed by atoms with van der Waals surface area (Å²) in [5.41, 5.74) is 0. The van der Waals surface area contributed by atoms with Gasteiger partial charge in [-0.25, -0.2) is 0 Å². The molecule has 0 bridgehead atoms. The molecule has 3 nitrogen and oxygen atoms in total. The molecule has 0 aliphatic rings. The Hall–Kier alpha value is -1.06. The van der Waals surface area contributed by atoms with Gasteiger partial charge >= 0.3 is 0 Å². The van der Waals surface area contributed by atoms with Crippen LogP contribution in [-0.4, -0.2) is 30.9 Å². The van der Waals surface area contributed by atoms with E-state index in [0.717, 1.165) is 12.3 Å². The van der Waals surface area contributed by atoms with Crippen LogP contribution in [0, 0.1) is 5.92 Å². The highest BCUT2D eigenvalue weighted by molar-refractivity contribution is 5.20. The van der Waals surface area contributed by atoms with Crippen LogP contribution in [0.15, 0.2) is 30.3 Å². The van der Waals surface area contributed by atoms with Crippen LogP contribution in [-0.2, 0) is 0 Å². The molecule has 0 saturated carbocycles. The maximum absolute atomic E-state index is 9.64. The lowest BCUT2D eigenvalue weighted by atomic mass is 10.2. The summed E-state index contributed by atoms with van der Waals surface area (Å²) in [5.74, 6) is 1.40. The second kappa shape index (κ2) is 7.25. The van der Waals surface area contributed by atoms with E-state index in [1.165, 1.54) is 0 Å². The largest absolute Gasteiger partial charge is 0.491 e. The van der Waals surface area contributed by atoms with Crippen molar-refractivity contribution >= 4 is 0 Å². The van der Waals surface area contributed by atoms with Gasteiger partial charge in [-0.05, 0) is 24.6 Å². The van der Waals surface area contributed by atoms with E-state index >= 15 is 0 Å². The summed E-state index contributed by atoms with van der Waals surface area (Å²) >= 11 is 0. The molecule has 1 aromatic rings. The first-order chi connectivity index (χ1) is 7.68. The maximum atomic E-state index is 9.64. The molecule has 0 amide bonds. The lowest BCUT2D eigenvalue weighted by molar-refractivity contribution is 0.106. The average molecular weight is 223 g/mol. The lowest BCUT2D eigenvalue weighted by Gasteiger charge is -2.14. The first-order valence-corrected chi connectivity index (χ1v) is 5.75. The van der Waals surface area contributed by atoms with Gasteiger partial charge in [-0.3, -0.25) is 0 Å². The summed E-state index contributed by atoms with van der Waals surface area (Å²) in [6.07, 6.45) is -0.459. The van der Waals surface area contributed by atoms with Gasteiger partial charge in [-0.15, -0.1) is 0 Å². The van der Waals surface area contributed by atoms with Gasteiger partial charge in [0, 0.05) is 6.54 Å². The highest BCUT2D eigenvalue weighted by Crippen LogP contribution is 2.08. The number of para-hydroxylation sites is 1. The molecule has 0 radical (unpaired) electrons. The topological polar surface area (TPSA) is 41.5 Å². The molecule has 1 atom stereocenters. The van der Waals surface area contributed by atoms with E-state index in [1.54, 1.807) is 0 Å². The van der Waals surface area contributed by atoms with Crippen molar-refractivity contribution in [3.8, 4) is 5.75 Å². The number of aliphatic hydroxyl groups excluding tert-OH is 1. The fraction of sp³-hybridized carbons (Fsp3) is 0.538. The van der Waals surface area contributed by atoms with Crippen LogP contribution in [0.4, 0.5) is 0 Å². The molecule has 0 unspecified atom stereocenters. The summed E-state index contributed by atoms with van der Waals surface area (Å²) in [7, 11) is 0. The minimum atomic E-state index is -0.459. The Morgan fingerprint density at radius 1 is 1.19 bits per heavy atom. The SMILES string of the molecule is CC(C)CNC[C@@H](O)COc1ccccc1. The minimum Gasteiger partial charge on any atom is -0.491 e. The molecule has 0 heterocycles.